The third kappa shape index (κ3) is 10.0. The molecule has 1 unspecified atom stereocenters. The zero-order valence-electron chi connectivity index (χ0n) is 33.9. The number of hydrogen-bond donors (Lipinski definition) is 2. The summed E-state index contributed by atoms with van der Waals surface area (Å²) in [5, 5.41) is 3.03. The van der Waals surface area contributed by atoms with Gasteiger partial charge in [0.15, 0.2) is 11.7 Å². The number of aryl methyl sites for hydroxylation is 1. The van der Waals surface area contributed by atoms with Crippen LogP contribution in [0.25, 0.3) is 11.1 Å². The fraction of sp³-hybridized carbons (Fsp3) is 0.571. The minimum atomic E-state index is -1.12. The highest BCUT2D eigenvalue weighted by Crippen LogP contribution is 2.28. The van der Waals surface area contributed by atoms with Gasteiger partial charge in [-0.15, -0.1) is 0 Å². The van der Waals surface area contributed by atoms with Crippen LogP contribution >= 0.6 is 0 Å². The van der Waals surface area contributed by atoms with Gasteiger partial charge in [0.2, 0.25) is 6.29 Å². The van der Waals surface area contributed by atoms with Gasteiger partial charge in [-0.1, -0.05) is 24.3 Å². The molecule has 0 radical (unpaired) electrons. The van der Waals surface area contributed by atoms with Crippen LogP contribution < -0.4 is 11.1 Å². The molecule has 318 valence electrons. The number of likely N-dealkylation sites (tertiary alicyclic amines) is 3. The Morgan fingerprint density at radius 2 is 1.54 bits per heavy atom. The van der Waals surface area contributed by atoms with Crippen LogP contribution in [0.15, 0.2) is 45.6 Å². The Morgan fingerprint density at radius 3 is 2.27 bits per heavy atom. The topological polar surface area (TPSA) is 193 Å². The second-order valence-corrected chi connectivity index (χ2v) is 15.8. The van der Waals surface area contributed by atoms with Crippen LogP contribution in [0.4, 0.5) is 20.1 Å². The number of anilines is 1. The molecule has 17 nitrogen and oxygen atoms in total. The summed E-state index contributed by atoms with van der Waals surface area (Å²) in [6, 6.07) is 11.4. The maximum Gasteiger partial charge on any atom is 0.511 e. The second-order valence-electron chi connectivity index (χ2n) is 15.8. The molecule has 4 aliphatic heterocycles. The van der Waals surface area contributed by atoms with Gasteiger partial charge in [-0.05, 0) is 101 Å². The highest BCUT2D eigenvalue weighted by Gasteiger charge is 2.38. The van der Waals surface area contributed by atoms with E-state index in [9.17, 15) is 28.8 Å². The molecule has 2 N–H and O–H groups in total. The number of urea groups is 1. The van der Waals surface area contributed by atoms with E-state index in [4.69, 9.17) is 23.4 Å². The normalized spacial score (nSPS) is 19.6. The van der Waals surface area contributed by atoms with Crippen molar-refractivity contribution < 1.29 is 47.3 Å². The summed E-state index contributed by atoms with van der Waals surface area (Å²) >= 11 is 0. The predicted octanol–water partition coefficient (Wildman–Crippen LogP) is 4.80. The van der Waals surface area contributed by atoms with Gasteiger partial charge in [-0.3, -0.25) is 14.6 Å². The van der Waals surface area contributed by atoms with E-state index in [1.165, 1.54) is 6.92 Å². The van der Waals surface area contributed by atoms with E-state index in [1.54, 1.807) is 22.8 Å². The Labute approximate surface area is 342 Å². The number of hydrogen-bond acceptors (Lipinski definition) is 12. The Bertz CT molecular complexity index is 2060. The standard InChI is InChI=1S/C42H54N6O11/c1-4-55-42(54)57-27(3)56-38(50)30-9-16-45(17-10-30)31-12-18-46(19-13-31)37(49)35(25-28-23-26(2)36-34(24-28)58-40(52)44-36)59-41(53)47-20-14-32(15-21-47)48-22-11-29-7-5-6-8-33(29)43-39(48)51/h5-8,23-24,27,30-32,35H,4,9-22,25H2,1-3H3,(H,43,51)(H,44,52)/t27?,35-/m1/s1. The Kier molecular flexibility index (Phi) is 13.1. The maximum absolute atomic E-state index is 14.3. The zero-order chi connectivity index (χ0) is 41.6. The number of H-pyrrole nitrogens is 1. The van der Waals surface area contributed by atoms with Gasteiger partial charge < -0.3 is 48.3 Å². The number of nitrogens with one attached hydrogen (secondary N) is 2. The highest BCUT2D eigenvalue weighted by atomic mass is 16.8. The SMILES string of the molecule is CCOC(=O)OC(C)OC(=O)C1CCN(C2CCN(C(=O)[C@@H](Cc3cc(C)c4[nH]c(=O)oc4c3)OC(=O)N3CCC(N4CCc5ccccc5NC4=O)CC3)CC2)CC1. The minimum Gasteiger partial charge on any atom is -0.436 e. The number of esters is 1. The first kappa shape index (κ1) is 41.6. The molecule has 4 amide bonds. The molecule has 3 aromatic rings. The molecule has 0 aliphatic carbocycles. The minimum absolute atomic E-state index is 0.0430. The average molecular weight is 819 g/mol. The first-order valence-corrected chi connectivity index (χ1v) is 20.8. The van der Waals surface area contributed by atoms with E-state index in [0.29, 0.717) is 101 Å². The largest absolute Gasteiger partial charge is 0.511 e. The summed E-state index contributed by atoms with van der Waals surface area (Å²) in [5.74, 6) is -1.58. The number of oxazole rings is 1. The predicted molar refractivity (Wildman–Crippen MR) is 214 cm³/mol. The number of aromatic amines is 1. The molecule has 3 saturated heterocycles. The molecule has 5 heterocycles. The molecular weight excluding hydrogens is 764 g/mol. The monoisotopic (exact) mass is 818 g/mol. The molecule has 2 aromatic carbocycles. The van der Waals surface area contributed by atoms with E-state index >= 15 is 0 Å². The maximum atomic E-state index is 14.3. The van der Waals surface area contributed by atoms with Gasteiger partial charge >= 0.3 is 30.0 Å². The molecule has 3 fully saturated rings. The van der Waals surface area contributed by atoms with E-state index in [0.717, 1.165) is 23.2 Å². The molecular formula is C42H54N6O11. The van der Waals surface area contributed by atoms with E-state index in [1.807, 2.05) is 42.2 Å². The Morgan fingerprint density at radius 1 is 0.847 bits per heavy atom. The van der Waals surface area contributed by atoms with Crippen molar-refractivity contribution in [1.29, 1.82) is 0 Å². The van der Waals surface area contributed by atoms with Crippen molar-refractivity contribution in [3.05, 3.63) is 63.6 Å². The van der Waals surface area contributed by atoms with Crippen LogP contribution in [0.5, 0.6) is 0 Å². The van der Waals surface area contributed by atoms with Crippen LogP contribution in [0.2, 0.25) is 0 Å². The fourth-order valence-corrected chi connectivity index (χ4v) is 8.83. The van der Waals surface area contributed by atoms with Crippen LogP contribution in [-0.2, 0) is 41.4 Å². The second kappa shape index (κ2) is 18.6. The number of ether oxygens (including phenoxy) is 4. The number of benzene rings is 2. The number of aromatic nitrogens is 1. The fourth-order valence-electron chi connectivity index (χ4n) is 8.83. The van der Waals surface area contributed by atoms with Crippen molar-refractivity contribution in [1.82, 2.24) is 24.6 Å². The molecule has 0 saturated carbocycles. The van der Waals surface area contributed by atoms with Gasteiger partial charge in [0.25, 0.3) is 5.91 Å². The molecule has 0 bridgehead atoms. The van der Waals surface area contributed by atoms with Crippen molar-refractivity contribution in [3.8, 4) is 0 Å². The van der Waals surface area contributed by atoms with Gasteiger partial charge in [-0.2, -0.15) is 0 Å². The van der Waals surface area contributed by atoms with E-state index < -0.39 is 36.4 Å². The van der Waals surface area contributed by atoms with Crippen molar-refractivity contribution >= 4 is 46.9 Å². The quantitative estimate of drug-likeness (QED) is 0.162. The third-order valence-corrected chi connectivity index (χ3v) is 12.0. The third-order valence-electron chi connectivity index (χ3n) is 12.0. The molecule has 2 atom stereocenters. The van der Waals surface area contributed by atoms with Gasteiger partial charge in [0, 0.05) is 63.8 Å². The summed E-state index contributed by atoms with van der Waals surface area (Å²) in [5.41, 5.74) is 4.31. The lowest BCUT2D eigenvalue weighted by Crippen LogP contribution is -2.53. The van der Waals surface area contributed by atoms with Gasteiger partial charge in [-0.25, -0.2) is 19.2 Å². The van der Waals surface area contributed by atoms with Crippen LogP contribution in [0.3, 0.4) is 0 Å². The van der Waals surface area contributed by atoms with Crippen LogP contribution in [0, 0.1) is 12.8 Å². The van der Waals surface area contributed by atoms with Crippen molar-refractivity contribution in [3.63, 3.8) is 0 Å². The number of nitrogens with zero attached hydrogens (tertiary/aromatic N) is 4. The average Bonchev–Trinajstić information content (AvgIpc) is 3.52. The van der Waals surface area contributed by atoms with E-state index in [-0.39, 0.29) is 43.0 Å². The lowest BCUT2D eigenvalue weighted by molar-refractivity contribution is -0.174. The zero-order valence-corrected chi connectivity index (χ0v) is 33.9. The summed E-state index contributed by atoms with van der Waals surface area (Å²) in [4.78, 5) is 87.8. The number of carbonyl (C=O) groups is 5. The number of fused-ring (bicyclic) bond motifs is 2. The van der Waals surface area contributed by atoms with E-state index in [2.05, 4.69) is 15.2 Å². The van der Waals surface area contributed by atoms with Crippen LogP contribution in [-0.4, -0.2) is 132 Å². The van der Waals surface area contributed by atoms with Crippen molar-refractivity contribution in [2.24, 2.45) is 5.92 Å². The first-order valence-electron chi connectivity index (χ1n) is 20.8. The van der Waals surface area contributed by atoms with Crippen LogP contribution in [0.1, 0.15) is 69.1 Å². The van der Waals surface area contributed by atoms with Gasteiger partial charge in [0.1, 0.15) is 0 Å². The molecule has 59 heavy (non-hydrogen) atoms. The number of amides is 4. The highest BCUT2D eigenvalue weighted by molar-refractivity contribution is 5.91. The number of piperidine rings is 3. The summed E-state index contributed by atoms with van der Waals surface area (Å²) < 4.78 is 26.5. The number of para-hydroxylation sites is 1. The molecule has 0 spiro atoms. The van der Waals surface area contributed by atoms with Crippen molar-refractivity contribution in [2.75, 3.05) is 57.7 Å². The Hall–Kier alpha value is -5.58. The number of rotatable bonds is 10. The first-order chi connectivity index (χ1) is 28.4. The smallest absolute Gasteiger partial charge is 0.436 e. The van der Waals surface area contributed by atoms with Gasteiger partial charge in [0.05, 0.1) is 18.0 Å². The molecule has 4 aliphatic rings. The Balaban J connectivity index is 0.944. The lowest BCUT2D eigenvalue weighted by atomic mass is 9.93. The molecule has 1 aromatic heterocycles. The summed E-state index contributed by atoms with van der Waals surface area (Å²) in [6.07, 6.45) is 0.986. The summed E-state index contributed by atoms with van der Waals surface area (Å²) in [6.45, 7) is 8.79. The lowest BCUT2D eigenvalue weighted by Gasteiger charge is -2.42. The molecule has 7 rings (SSSR count). The number of carbonyl (C=O) groups excluding carboxylic acids is 5. The van der Waals surface area contributed by atoms with Crippen molar-refractivity contribution in [2.45, 2.75) is 96.6 Å². The summed E-state index contributed by atoms with van der Waals surface area (Å²) in [7, 11) is 0. The molecule has 17 heteroatoms.